The second-order valence-corrected chi connectivity index (χ2v) is 3.06. The van der Waals surface area contributed by atoms with E-state index in [1.54, 1.807) is 0 Å². The standard InChI is InChI=1S/C7H19N3/c1-7(8-2,9(3)4)10(5)6/h8H,1-6H3. The van der Waals surface area contributed by atoms with Crippen LogP contribution in [0.4, 0.5) is 0 Å². The molecule has 0 saturated heterocycles. The lowest BCUT2D eigenvalue weighted by molar-refractivity contribution is -0.00403. The second-order valence-electron chi connectivity index (χ2n) is 3.06. The van der Waals surface area contributed by atoms with Gasteiger partial charge in [-0.3, -0.25) is 15.1 Å². The minimum absolute atomic E-state index is 0.0417. The second kappa shape index (κ2) is 3.32. The highest BCUT2D eigenvalue weighted by Crippen LogP contribution is 2.07. The molecule has 62 valence electrons. The zero-order valence-electron chi connectivity index (χ0n) is 7.89. The van der Waals surface area contributed by atoms with Gasteiger partial charge in [-0.2, -0.15) is 0 Å². The van der Waals surface area contributed by atoms with Crippen LogP contribution in [-0.4, -0.2) is 50.8 Å². The van der Waals surface area contributed by atoms with E-state index in [1.807, 2.05) is 7.05 Å². The molecule has 3 heteroatoms. The molecule has 0 aromatic rings. The van der Waals surface area contributed by atoms with Crippen LogP contribution in [0.1, 0.15) is 6.92 Å². The van der Waals surface area contributed by atoms with Crippen molar-refractivity contribution in [1.82, 2.24) is 15.1 Å². The van der Waals surface area contributed by atoms with Gasteiger partial charge in [0.05, 0.1) is 0 Å². The first-order valence-electron chi connectivity index (χ1n) is 3.49. The SMILES string of the molecule is CNC(C)(N(C)C)N(C)C. The summed E-state index contributed by atoms with van der Waals surface area (Å²) in [6, 6.07) is 0. The Morgan fingerprint density at radius 2 is 1.30 bits per heavy atom. The quantitative estimate of drug-likeness (QED) is 0.564. The average Bonchev–Trinajstić information content (AvgIpc) is 1.85. The summed E-state index contributed by atoms with van der Waals surface area (Å²) in [6.45, 7) is 2.13. The Kier molecular flexibility index (Phi) is 3.28. The van der Waals surface area contributed by atoms with E-state index in [0.29, 0.717) is 0 Å². The fraction of sp³-hybridized carbons (Fsp3) is 1.00. The van der Waals surface area contributed by atoms with E-state index in [0.717, 1.165) is 0 Å². The van der Waals surface area contributed by atoms with E-state index in [9.17, 15) is 0 Å². The van der Waals surface area contributed by atoms with Crippen molar-refractivity contribution < 1.29 is 0 Å². The lowest BCUT2D eigenvalue weighted by Crippen LogP contribution is -2.61. The zero-order chi connectivity index (χ0) is 8.36. The molecular formula is C7H19N3. The van der Waals surface area contributed by atoms with Gasteiger partial charge in [-0.05, 0) is 42.2 Å². The summed E-state index contributed by atoms with van der Waals surface area (Å²) < 4.78 is 0. The topological polar surface area (TPSA) is 18.5 Å². The molecule has 0 radical (unpaired) electrons. The van der Waals surface area contributed by atoms with Crippen LogP contribution in [0, 0.1) is 0 Å². The fourth-order valence-corrected chi connectivity index (χ4v) is 0.847. The van der Waals surface area contributed by atoms with E-state index < -0.39 is 0 Å². The summed E-state index contributed by atoms with van der Waals surface area (Å²) in [5, 5.41) is 3.23. The normalized spacial score (nSPS) is 13.2. The maximum Gasteiger partial charge on any atom is 0.124 e. The molecule has 0 saturated carbocycles. The van der Waals surface area contributed by atoms with Crippen LogP contribution in [-0.2, 0) is 0 Å². The van der Waals surface area contributed by atoms with Crippen LogP contribution >= 0.6 is 0 Å². The molecule has 0 aromatic carbocycles. The van der Waals surface area contributed by atoms with Gasteiger partial charge in [0.2, 0.25) is 0 Å². The summed E-state index contributed by atoms with van der Waals surface area (Å²) in [4.78, 5) is 4.26. The van der Waals surface area contributed by atoms with Crippen LogP contribution in [0.15, 0.2) is 0 Å². The van der Waals surface area contributed by atoms with E-state index in [2.05, 4.69) is 50.2 Å². The summed E-state index contributed by atoms with van der Waals surface area (Å²) in [6.07, 6.45) is 0. The smallest absolute Gasteiger partial charge is 0.124 e. The van der Waals surface area contributed by atoms with Gasteiger partial charge in [0, 0.05) is 0 Å². The fourth-order valence-electron chi connectivity index (χ4n) is 0.847. The van der Waals surface area contributed by atoms with Crippen molar-refractivity contribution >= 4 is 0 Å². The lowest BCUT2D eigenvalue weighted by atomic mass is 10.3. The molecule has 0 rings (SSSR count). The van der Waals surface area contributed by atoms with Crippen LogP contribution in [0.25, 0.3) is 0 Å². The molecule has 0 bridgehead atoms. The molecule has 0 aromatic heterocycles. The summed E-state index contributed by atoms with van der Waals surface area (Å²) in [5.74, 6) is -0.0417. The number of rotatable bonds is 3. The van der Waals surface area contributed by atoms with Crippen molar-refractivity contribution in [3.63, 3.8) is 0 Å². The predicted octanol–water partition coefficient (Wildman–Crippen LogP) is 0.00270. The molecule has 0 aliphatic carbocycles. The van der Waals surface area contributed by atoms with Crippen LogP contribution < -0.4 is 5.32 Å². The van der Waals surface area contributed by atoms with Crippen molar-refractivity contribution in [1.29, 1.82) is 0 Å². The molecule has 0 aliphatic rings. The largest absolute Gasteiger partial charge is 0.290 e. The third-order valence-corrected chi connectivity index (χ3v) is 2.22. The highest BCUT2D eigenvalue weighted by Gasteiger charge is 2.26. The van der Waals surface area contributed by atoms with Crippen LogP contribution in [0.2, 0.25) is 0 Å². The van der Waals surface area contributed by atoms with Crippen molar-refractivity contribution in [3.05, 3.63) is 0 Å². The first-order valence-corrected chi connectivity index (χ1v) is 3.49. The Bertz CT molecular complexity index is 91.0. The number of nitrogens with zero attached hydrogens (tertiary/aromatic N) is 2. The summed E-state index contributed by atoms with van der Waals surface area (Å²) in [5.41, 5.74) is 0. The molecule has 3 nitrogen and oxygen atoms in total. The Balaban J connectivity index is 4.23. The molecule has 0 amide bonds. The zero-order valence-corrected chi connectivity index (χ0v) is 7.89. The number of hydrogen-bond acceptors (Lipinski definition) is 3. The molecule has 0 heterocycles. The average molecular weight is 145 g/mol. The third-order valence-electron chi connectivity index (χ3n) is 2.22. The van der Waals surface area contributed by atoms with Gasteiger partial charge in [0.15, 0.2) is 0 Å². The van der Waals surface area contributed by atoms with Gasteiger partial charge in [0.25, 0.3) is 0 Å². The molecular weight excluding hydrogens is 126 g/mol. The van der Waals surface area contributed by atoms with Gasteiger partial charge in [-0.15, -0.1) is 0 Å². The molecule has 0 atom stereocenters. The maximum atomic E-state index is 3.23. The van der Waals surface area contributed by atoms with Gasteiger partial charge < -0.3 is 0 Å². The molecule has 0 aliphatic heterocycles. The van der Waals surface area contributed by atoms with Crippen molar-refractivity contribution in [2.24, 2.45) is 0 Å². The molecule has 0 fully saturated rings. The van der Waals surface area contributed by atoms with E-state index in [1.165, 1.54) is 0 Å². The maximum absolute atomic E-state index is 3.23. The van der Waals surface area contributed by atoms with Gasteiger partial charge in [0.1, 0.15) is 5.79 Å². The lowest BCUT2D eigenvalue weighted by Gasteiger charge is -2.41. The number of hydrogen-bond donors (Lipinski definition) is 1. The summed E-state index contributed by atoms with van der Waals surface area (Å²) >= 11 is 0. The Labute approximate surface area is 64.0 Å². The Hall–Kier alpha value is -0.120. The monoisotopic (exact) mass is 145 g/mol. The Morgan fingerprint density at radius 3 is 1.30 bits per heavy atom. The molecule has 1 N–H and O–H groups in total. The van der Waals surface area contributed by atoms with Crippen LogP contribution in [0.5, 0.6) is 0 Å². The van der Waals surface area contributed by atoms with E-state index in [4.69, 9.17) is 0 Å². The molecule has 0 spiro atoms. The summed E-state index contributed by atoms with van der Waals surface area (Å²) in [7, 11) is 10.2. The van der Waals surface area contributed by atoms with Crippen LogP contribution in [0.3, 0.4) is 0 Å². The third kappa shape index (κ3) is 1.68. The Morgan fingerprint density at radius 1 is 1.00 bits per heavy atom. The van der Waals surface area contributed by atoms with Gasteiger partial charge in [-0.25, -0.2) is 0 Å². The van der Waals surface area contributed by atoms with Crippen molar-refractivity contribution in [2.75, 3.05) is 35.2 Å². The van der Waals surface area contributed by atoms with Crippen molar-refractivity contribution in [2.45, 2.75) is 12.7 Å². The highest BCUT2D eigenvalue weighted by molar-refractivity contribution is 4.74. The predicted molar refractivity (Wildman–Crippen MR) is 44.8 cm³/mol. The van der Waals surface area contributed by atoms with Gasteiger partial charge in [-0.1, -0.05) is 0 Å². The van der Waals surface area contributed by atoms with E-state index in [-0.39, 0.29) is 5.79 Å². The number of nitrogens with one attached hydrogen (secondary N) is 1. The molecule has 10 heavy (non-hydrogen) atoms. The van der Waals surface area contributed by atoms with Crippen molar-refractivity contribution in [3.8, 4) is 0 Å². The van der Waals surface area contributed by atoms with E-state index >= 15 is 0 Å². The minimum Gasteiger partial charge on any atom is -0.290 e. The van der Waals surface area contributed by atoms with Gasteiger partial charge >= 0.3 is 0 Å². The first-order chi connectivity index (χ1) is 4.45. The molecule has 0 unspecified atom stereocenters. The minimum atomic E-state index is -0.0417. The highest BCUT2D eigenvalue weighted by atomic mass is 15.5. The first kappa shape index (κ1) is 9.88.